The first-order valence-electron chi connectivity index (χ1n) is 10.7. The van der Waals surface area contributed by atoms with Gasteiger partial charge in [-0.2, -0.15) is 5.26 Å². The zero-order valence-electron chi connectivity index (χ0n) is 17.9. The Morgan fingerprint density at radius 2 is 2.06 bits per heavy atom. The number of piperidine rings is 1. The molecule has 0 radical (unpaired) electrons. The second kappa shape index (κ2) is 8.68. The molecule has 3 heterocycles. The fourth-order valence-electron chi connectivity index (χ4n) is 4.44. The van der Waals surface area contributed by atoms with E-state index < -0.39 is 11.9 Å². The molecule has 4 rings (SSSR count). The summed E-state index contributed by atoms with van der Waals surface area (Å²) in [5.41, 5.74) is 8.46. The molecule has 1 saturated heterocycles. The number of benzene rings is 1. The quantitative estimate of drug-likeness (QED) is 0.763. The smallest absolute Gasteiger partial charge is 0.338 e. The highest BCUT2D eigenvalue weighted by molar-refractivity contribution is 5.93. The van der Waals surface area contributed by atoms with Crippen LogP contribution in [0.15, 0.2) is 53.1 Å². The van der Waals surface area contributed by atoms with E-state index in [1.54, 1.807) is 13.8 Å². The highest BCUT2D eigenvalue weighted by Gasteiger charge is 2.40. The Morgan fingerprint density at radius 1 is 1.32 bits per heavy atom. The molecule has 0 bridgehead atoms. The van der Waals surface area contributed by atoms with E-state index in [9.17, 15) is 10.1 Å². The fraction of sp³-hybridized carbons (Fsp3) is 0.375. The minimum atomic E-state index is -0.671. The molecule has 2 aliphatic rings. The molecule has 7 heteroatoms. The Bertz CT molecular complexity index is 1120. The van der Waals surface area contributed by atoms with Crippen LogP contribution < -0.4 is 15.6 Å². The molecule has 31 heavy (non-hydrogen) atoms. The summed E-state index contributed by atoms with van der Waals surface area (Å²) in [5.74, 6) is 0.118. The van der Waals surface area contributed by atoms with Crippen LogP contribution in [0.5, 0.6) is 0 Å². The van der Waals surface area contributed by atoms with Gasteiger partial charge >= 0.3 is 5.97 Å². The molecule has 0 aliphatic carbocycles. The van der Waals surface area contributed by atoms with Crippen LogP contribution in [0.1, 0.15) is 44.6 Å². The number of hydrogen-bond donors (Lipinski definition) is 1. The van der Waals surface area contributed by atoms with E-state index in [-0.39, 0.29) is 18.1 Å². The van der Waals surface area contributed by atoms with E-state index >= 15 is 0 Å². The first-order chi connectivity index (χ1) is 15.0. The average molecular weight is 420 g/mol. The van der Waals surface area contributed by atoms with Crippen molar-refractivity contribution < 1.29 is 19.3 Å². The highest BCUT2D eigenvalue weighted by Crippen LogP contribution is 2.43. The van der Waals surface area contributed by atoms with Gasteiger partial charge < -0.3 is 15.2 Å². The van der Waals surface area contributed by atoms with Gasteiger partial charge in [-0.1, -0.05) is 18.2 Å². The number of nitrogens with zero attached hydrogens (tertiary/aromatic N) is 2. The van der Waals surface area contributed by atoms with Crippen molar-refractivity contribution in [3.63, 3.8) is 0 Å². The molecule has 7 nitrogen and oxygen atoms in total. The number of H-pyrrole nitrogens is 1. The van der Waals surface area contributed by atoms with Gasteiger partial charge in [0.1, 0.15) is 22.9 Å². The zero-order valence-corrected chi connectivity index (χ0v) is 17.9. The summed E-state index contributed by atoms with van der Waals surface area (Å²) in [4.78, 5) is 18.8. The van der Waals surface area contributed by atoms with Crippen LogP contribution in [-0.2, 0) is 14.3 Å². The number of para-hydroxylation sites is 1. The maximum atomic E-state index is 13.0. The fourth-order valence-corrected chi connectivity index (χ4v) is 4.44. The predicted molar refractivity (Wildman–Crippen MR) is 117 cm³/mol. The van der Waals surface area contributed by atoms with Gasteiger partial charge in [0.05, 0.1) is 36.8 Å². The molecular formula is C24H27N4O3+. The summed E-state index contributed by atoms with van der Waals surface area (Å²) in [5, 5.41) is 10.9. The third-order valence-electron chi connectivity index (χ3n) is 5.88. The second-order valence-corrected chi connectivity index (χ2v) is 7.82. The summed E-state index contributed by atoms with van der Waals surface area (Å²) in [6.07, 6.45) is 3.38. The SMILES string of the molecule is CCOC(=O)C1=C(C)OC(N)=C(C#N)[C@H]1c1cc2ccccc2[nH+]c1N1CCCCC1. The summed E-state index contributed by atoms with van der Waals surface area (Å²) < 4.78 is 10.9. The molecule has 0 spiro atoms. The van der Waals surface area contributed by atoms with Crippen LogP contribution in [0.2, 0.25) is 0 Å². The normalized spacial score (nSPS) is 19.3. The number of ether oxygens (including phenoxy) is 2. The maximum Gasteiger partial charge on any atom is 0.338 e. The Kier molecular flexibility index (Phi) is 5.81. The highest BCUT2D eigenvalue weighted by atomic mass is 16.5. The molecule has 2 aliphatic heterocycles. The predicted octanol–water partition coefficient (Wildman–Crippen LogP) is 3.29. The molecule has 0 amide bonds. The lowest BCUT2D eigenvalue weighted by Crippen LogP contribution is -2.36. The number of rotatable bonds is 4. The molecule has 1 fully saturated rings. The number of carbonyl (C=O) groups excluding carboxylic acids is 1. The van der Waals surface area contributed by atoms with Gasteiger partial charge in [0.15, 0.2) is 0 Å². The van der Waals surface area contributed by atoms with E-state index in [1.807, 2.05) is 30.3 Å². The number of carbonyl (C=O) groups is 1. The van der Waals surface area contributed by atoms with E-state index in [2.05, 4.69) is 16.0 Å². The van der Waals surface area contributed by atoms with Gasteiger partial charge in [-0.25, -0.2) is 9.78 Å². The number of nitrogens with two attached hydrogens (primary N) is 1. The van der Waals surface area contributed by atoms with E-state index in [0.29, 0.717) is 11.3 Å². The van der Waals surface area contributed by atoms with Crippen LogP contribution >= 0.6 is 0 Å². The van der Waals surface area contributed by atoms with Crippen LogP contribution in [0.4, 0.5) is 5.82 Å². The third kappa shape index (κ3) is 3.81. The number of nitriles is 1. The number of allylic oxidation sites excluding steroid dienone is 2. The first kappa shape index (κ1) is 20.7. The zero-order chi connectivity index (χ0) is 22.0. The van der Waals surface area contributed by atoms with Crippen molar-refractivity contribution in [3.05, 3.63) is 58.7 Å². The van der Waals surface area contributed by atoms with Gasteiger partial charge in [-0.3, -0.25) is 4.90 Å². The standard InChI is InChI=1S/C24H26N4O3/c1-3-30-24(29)20-15(2)31-22(26)18(14-25)21(20)17-13-16-9-5-6-10-19(16)27-23(17)28-11-7-4-8-12-28/h5-6,9-10,13,21H,3-4,7-8,11-12,26H2,1-2H3/p+1/t21-/m1/s1. The lowest BCUT2D eigenvalue weighted by atomic mass is 9.82. The van der Waals surface area contributed by atoms with Gasteiger partial charge in [-0.05, 0) is 45.2 Å². The van der Waals surface area contributed by atoms with Crippen molar-refractivity contribution in [1.82, 2.24) is 0 Å². The molecule has 1 aromatic heterocycles. The Hall–Kier alpha value is -3.53. The average Bonchev–Trinajstić information content (AvgIpc) is 2.78. The van der Waals surface area contributed by atoms with Gasteiger partial charge in [0.25, 0.3) is 5.82 Å². The molecule has 3 N–H and O–H groups in total. The van der Waals surface area contributed by atoms with E-state index in [1.165, 1.54) is 6.42 Å². The Labute approximate surface area is 181 Å². The van der Waals surface area contributed by atoms with Gasteiger partial charge in [-0.15, -0.1) is 0 Å². The first-order valence-corrected chi connectivity index (χ1v) is 10.7. The van der Waals surface area contributed by atoms with Crippen molar-refractivity contribution in [1.29, 1.82) is 5.26 Å². The third-order valence-corrected chi connectivity index (χ3v) is 5.88. The monoisotopic (exact) mass is 419 g/mol. The number of hydrogen-bond acceptors (Lipinski definition) is 6. The number of esters is 1. The lowest BCUT2D eigenvalue weighted by molar-refractivity contribution is -0.331. The van der Waals surface area contributed by atoms with Crippen molar-refractivity contribution >= 4 is 22.7 Å². The largest absolute Gasteiger partial charge is 0.463 e. The molecule has 0 saturated carbocycles. The van der Waals surface area contributed by atoms with Gasteiger partial charge in [0.2, 0.25) is 5.88 Å². The number of pyridine rings is 1. The Morgan fingerprint density at radius 3 is 2.77 bits per heavy atom. The number of anilines is 1. The topological polar surface area (TPSA) is 103 Å². The second-order valence-electron chi connectivity index (χ2n) is 7.82. The minimum absolute atomic E-state index is 0.0239. The van der Waals surface area contributed by atoms with Gasteiger partial charge in [0, 0.05) is 5.39 Å². The number of aromatic amines is 1. The van der Waals surface area contributed by atoms with Crippen molar-refractivity contribution in [2.75, 3.05) is 24.6 Å². The maximum absolute atomic E-state index is 13.0. The number of aromatic nitrogens is 1. The van der Waals surface area contributed by atoms with E-state index in [0.717, 1.165) is 48.2 Å². The number of nitrogens with one attached hydrogen (secondary N) is 1. The molecule has 1 aromatic carbocycles. The minimum Gasteiger partial charge on any atom is -0.463 e. The molecule has 160 valence electrons. The van der Waals surface area contributed by atoms with Crippen LogP contribution in [0.3, 0.4) is 0 Å². The van der Waals surface area contributed by atoms with Crippen LogP contribution in [0, 0.1) is 11.3 Å². The summed E-state index contributed by atoms with van der Waals surface area (Å²) in [6, 6.07) is 12.2. The summed E-state index contributed by atoms with van der Waals surface area (Å²) >= 11 is 0. The molecule has 1 atom stereocenters. The molecule has 0 unspecified atom stereocenters. The summed E-state index contributed by atoms with van der Waals surface area (Å²) in [7, 11) is 0. The van der Waals surface area contributed by atoms with Crippen molar-refractivity contribution in [3.8, 4) is 6.07 Å². The Balaban J connectivity index is 1.97. The van der Waals surface area contributed by atoms with Crippen LogP contribution in [-0.4, -0.2) is 25.7 Å². The number of fused-ring (bicyclic) bond motifs is 1. The molecule has 2 aromatic rings. The molecular weight excluding hydrogens is 392 g/mol. The van der Waals surface area contributed by atoms with E-state index in [4.69, 9.17) is 15.2 Å². The summed E-state index contributed by atoms with van der Waals surface area (Å²) in [6.45, 7) is 5.48. The van der Waals surface area contributed by atoms with Crippen molar-refractivity contribution in [2.24, 2.45) is 5.73 Å². The van der Waals surface area contributed by atoms with Crippen molar-refractivity contribution in [2.45, 2.75) is 39.0 Å². The lowest BCUT2D eigenvalue weighted by Gasteiger charge is -2.29. The van der Waals surface area contributed by atoms with Crippen LogP contribution in [0.25, 0.3) is 10.9 Å².